The predicted octanol–water partition coefficient (Wildman–Crippen LogP) is 4.83. The van der Waals surface area contributed by atoms with Gasteiger partial charge in [0, 0.05) is 28.8 Å². The van der Waals surface area contributed by atoms with Crippen molar-refractivity contribution in [2.75, 3.05) is 18.5 Å². The Morgan fingerprint density at radius 3 is 2.72 bits per heavy atom. The third kappa shape index (κ3) is 2.90. The minimum Gasteiger partial charge on any atom is -0.487 e. The van der Waals surface area contributed by atoms with E-state index < -0.39 is 17.5 Å². The lowest BCUT2D eigenvalue weighted by Gasteiger charge is -2.32. The summed E-state index contributed by atoms with van der Waals surface area (Å²) < 4.78 is 7.13. The minimum absolute atomic E-state index is 0.110. The second kappa shape index (κ2) is 7.97. The first kappa shape index (κ1) is 21.6. The Hall–Kier alpha value is -2.23. The summed E-state index contributed by atoms with van der Waals surface area (Å²) in [6, 6.07) is 9.89. The summed E-state index contributed by atoms with van der Waals surface area (Å²) in [7, 11) is 0. The van der Waals surface area contributed by atoms with Crippen LogP contribution in [-0.2, 0) is 10.3 Å². The fourth-order valence-electron chi connectivity index (χ4n) is 5.83. The molecule has 0 unspecified atom stereocenters. The molecule has 3 heterocycles. The lowest BCUT2D eigenvalue weighted by molar-refractivity contribution is -0.534. The number of carbonyl (C=O) groups excluding carboxylic acids is 1. The van der Waals surface area contributed by atoms with E-state index in [2.05, 4.69) is 48.7 Å². The molecule has 0 saturated carbocycles. The van der Waals surface area contributed by atoms with Gasteiger partial charge in [-0.2, -0.15) is 0 Å². The van der Waals surface area contributed by atoms with Gasteiger partial charge in [0.2, 0.25) is 0 Å². The molecule has 166 valence electrons. The van der Waals surface area contributed by atoms with Crippen LogP contribution in [0.15, 0.2) is 58.0 Å². The van der Waals surface area contributed by atoms with Gasteiger partial charge in [-0.1, -0.05) is 30.9 Å². The molecule has 0 radical (unpaired) electrons. The van der Waals surface area contributed by atoms with E-state index in [1.165, 1.54) is 0 Å². The number of fused-ring (bicyclic) bond motifs is 4. The Kier molecular flexibility index (Phi) is 5.38. The van der Waals surface area contributed by atoms with Gasteiger partial charge in [-0.3, -0.25) is 19.8 Å². The van der Waals surface area contributed by atoms with E-state index in [1.807, 2.05) is 36.4 Å². The van der Waals surface area contributed by atoms with Crippen LogP contribution in [0.2, 0.25) is 0 Å². The Morgan fingerprint density at radius 1 is 1.31 bits per heavy atom. The average Bonchev–Trinajstić information content (AvgIpc) is 3.41. The Morgan fingerprint density at radius 2 is 2.03 bits per heavy atom. The van der Waals surface area contributed by atoms with Gasteiger partial charge in [0.1, 0.15) is 12.4 Å². The molecule has 1 amide bonds. The zero-order valence-electron chi connectivity index (χ0n) is 17.1. The fraction of sp³-hybridized carbons (Fsp3) is 0.348. The number of carbonyl (C=O) groups is 1. The molecule has 5 rings (SSSR count). The van der Waals surface area contributed by atoms with Crippen LogP contribution < -0.4 is 10.1 Å². The summed E-state index contributed by atoms with van der Waals surface area (Å²) in [6.07, 6.45) is 3.35. The van der Waals surface area contributed by atoms with Crippen molar-refractivity contribution in [1.82, 2.24) is 4.90 Å². The number of hydrogen-bond acceptors (Lipinski definition) is 5. The minimum atomic E-state index is -1.32. The molecule has 0 aliphatic carbocycles. The van der Waals surface area contributed by atoms with Crippen LogP contribution in [0, 0.1) is 10.1 Å². The first-order chi connectivity index (χ1) is 15.4. The summed E-state index contributed by atoms with van der Waals surface area (Å²) in [4.78, 5) is 28.0. The summed E-state index contributed by atoms with van der Waals surface area (Å²) in [5.74, 6) is -0.143. The molecule has 4 atom stereocenters. The third-order valence-electron chi connectivity index (χ3n) is 6.85. The topological polar surface area (TPSA) is 84.7 Å². The van der Waals surface area contributed by atoms with Gasteiger partial charge in [-0.05, 0) is 68.5 Å². The van der Waals surface area contributed by atoms with Crippen molar-refractivity contribution < 1.29 is 14.5 Å². The SMILES string of the molecule is C=CCOc1c(Br)cc([C@H]2[C@H]([N+](=O)[O-])[C@]3(C(=O)Nc4ccccc43)N3CCC[C@@H]23)cc1Br. The number of hydrogen-bond donors (Lipinski definition) is 1. The van der Waals surface area contributed by atoms with Crippen LogP contribution in [0.4, 0.5) is 5.69 Å². The highest BCUT2D eigenvalue weighted by atomic mass is 79.9. The van der Waals surface area contributed by atoms with E-state index >= 15 is 0 Å². The van der Waals surface area contributed by atoms with Gasteiger partial charge >= 0.3 is 0 Å². The first-order valence-electron chi connectivity index (χ1n) is 10.4. The number of nitrogens with one attached hydrogen (secondary N) is 1. The molecule has 32 heavy (non-hydrogen) atoms. The lowest BCUT2D eigenvalue weighted by atomic mass is 9.77. The largest absolute Gasteiger partial charge is 0.487 e. The molecule has 9 heteroatoms. The quantitative estimate of drug-likeness (QED) is 0.320. The number of halogens is 2. The summed E-state index contributed by atoms with van der Waals surface area (Å²) in [5.41, 5.74) is 0.849. The molecular weight excluding hydrogens is 542 g/mol. The molecule has 2 aromatic rings. The zero-order valence-corrected chi connectivity index (χ0v) is 20.3. The first-order valence-corrected chi connectivity index (χ1v) is 12.0. The van der Waals surface area contributed by atoms with Crippen LogP contribution in [-0.4, -0.2) is 41.0 Å². The maximum Gasteiger partial charge on any atom is 0.256 e. The van der Waals surface area contributed by atoms with Crippen molar-refractivity contribution in [1.29, 1.82) is 0 Å². The van der Waals surface area contributed by atoms with Gasteiger partial charge in [0.25, 0.3) is 11.9 Å². The van der Waals surface area contributed by atoms with Crippen LogP contribution in [0.1, 0.15) is 29.9 Å². The van der Waals surface area contributed by atoms with Gasteiger partial charge in [-0.15, -0.1) is 0 Å². The van der Waals surface area contributed by atoms with E-state index in [0.29, 0.717) is 39.1 Å². The summed E-state index contributed by atoms with van der Waals surface area (Å²) in [5, 5.41) is 15.6. The van der Waals surface area contributed by atoms with E-state index in [9.17, 15) is 14.9 Å². The monoisotopic (exact) mass is 561 g/mol. The van der Waals surface area contributed by atoms with E-state index in [0.717, 1.165) is 18.4 Å². The highest BCUT2D eigenvalue weighted by Crippen LogP contribution is 2.58. The Labute approximate surface area is 202 Å². The van der Waals surface area contributed by atoms with Crippen molar-refractivity contribution in [2.45, 2.75) is 36.4 Å². The molecule has 2 aromatic carbocycles. The second-order valence-corrected chi connectivity index (χ2v) is 10.0. The van der Waals surface area contributed by atoms with E-state index in [-0.39, 0.29) is 16.9 Å². The number of amides is 1. The molecule has 1 spiro atoms. The van der Waals surface area contributed by atoms with Crippen LogP contribution in [0.3, 0.4) is 0 Å². The van der Waals surface area contributed by atoms with Crippen molar-refractivity contribution in [2.24, 2.45) is 0 Å². The number of nitrogens with zero attached hydrogens (tertiary/aromatic N) is 2. The predicted molar refractivity (Wildman–Crippen MR) is 128 cm³/mol. The van der Waals surface area contributed by atoms with Gasteiger partial charge < -0.3 is 10.1 Å². The van der Waals surface area contributed by atoms with Crippen LogP contribution in [0.25, 0.3) is 0 Å². The van der Waals surface area contributed by atoms with Gasteiger partial charge in [0.15, 0.2) is 5.54 Å². The molecule has 0 bridgehead atoms. The lowest BCUT2D eigenvalue weighted by Crippen LogP contribution is -2.55. The van der Waals surface area contributed by atoms with Crippen molar-refractivity contribution >= 4 is 43.5 Å². The van der Waals surface area contributed by atoms with Gasteiger partial charge in [0.05, 0.1) is 14.9 Å². The van der Waals surface area contributed by atoms with E-state index in [1.54, 1.807) is 6.08 Å². The smallest absolute Gasteiger partial charge is 0.256 e. The van der Waals surface area contributed by atoms with Crippen LogP contribution in [0.5, 0.6) is 5.75 Å². The number of nitro groups is 1. The molecule has 3 aliphatic heterocycles. The normalized spacial score (nSPS) is 28.4. The summed E-state index contributed by atoms with van der Waals surface area (Å²) >= 11 is 7.13. The number of benzene rings is 2. The Bertz CT molecular complexity index is 1120. The molecule has 0 aromatic heterocycles. The number of anilines is 1. The second-order valence-electron chi connectivity index (χ2n) is 8.34. The molecule has 1 N–H and O–H groups in total. The van der Waals surface area contributed by atoms with E-state index in [4.69, 9.17) is 4.74 Å². The maximum atomic E-state index is 13.5. The molecule has 2 saturated heterocycles. The van der Waals surface area contributed by atoms with Crippen molar-refractivity contribution in [3.8, 4) is 5.75 Å². The number of para-hydroxylation sites is 1. The molecular formula is C23H21Br2N3O4. The highest BCUT2D eigenvalue weighted by molar-refractivity contribution is 9.11. The van der Waals surface area contributed by atoms with Crippen molar-refractivity contribution in [3.63, 3.8) is 0 Å². The molecule has 2 fully saturated rings. The molecule has 7 nitrogen and oxygen atoms in total. The van der Waals surface area contributed by atoms with Gasteiger partial charge in [-0.25, -0.2) is 0 Å². The highest BCUT2D eigenvalue weighted by Gasteiger charge is 2.73. The van der Waals surface area contributed by atoms with Crippen molar-refractivity contribution in [3.05, 3.63) is 79.2 Å². The third-order valence-corrected chi connectivity index (χ3v) is 8.02. The maximum absolute atomic E-state index is 13.5. The average molecular weight is 563 g/mol. The Balaban J connectivity index is 1.69. The fourth-order valence-corrected chi connectivity index (χ4v) is 7.28. The molecule has 3 aliphatic rings. The number of rotatable bonds is 5. The number of ether oxygens (including phenoxy) is 1. The summed E-state index contributed by atoms with van der Waals surface area (Å²) in [6.45, 7) is 4.66. The van der Waals surface area contributed by atoms with Crippen LogP contribution >= 0.6 is 31.9 Å². The standard InChI is InChI=1S/C23H21Br2N3O4/c1-2-10-32-20-15(24)11-13(12-16(20)25)19-18-8-5-9-27(18)23(21(19)28(30)31)14-6-3-4-7-17(14)26-22(23)29/h2-4,6-7,11-12,18-19,21H,1,5,8-10H2,(H,26,29)/t18-,19+,21-,23+/m0/s1. The zero-order chi connectivity index (χ0) is 22.6.